The number of nitrogens with zero attached hydrogens (tertiary/aromatic N) is 2. The quantitative estimate of drug-likeness (QED) is 0.215. The second-order valence-corrected chi connectivity index (χ2v) is 9.38. The predicted octanol–water partition coefficient (Wildman–Crippen LogP) is 4.03. The minimum atomic E-state index is -1.08. The Labute approximate surface area is 222 Å². The van der Waals surface area contributed by atoms with Crippen LogP contribution in [0.4, 0.5) is 5.13 Å². The van der Waals surface area contributed by atoms with Crippen LogP contribution in [-0.2, 0) is 14.3 Å². The fourth-order valence-corrected chi connectivity index (χ4v) is 5.42. The van der Waals surface area contributed by atoms with Crippen LogP contribution < -0.4 is 19.1 Å². The van der Waals surface area contributed by atoms with Crippen LogP contribution in [0.3, 0.4) is 0 Å². The molecule has 196 valence electrons. The summed E-state index contributed by atoms with van der Waals surface area (Å²) in [5.74, 6) is -1.44. The Balaban J connectivity index is 1.70. The number of thiazole rings is 1. The third-order valence-electron chi connectivity index (χ3n) is 6.15. The molecule has 1 saturated heterocycles. The van der Waals surface area contributed by atoms with Crippen molar-refractivity contribution in [2.24, 2.45) is 0 Å². The first kappa shape index (κ1) is 25.3. The number of fused-ring (bicyclic) bond motifs is 1. The van der Waals surface area contributed by atoms with E-state index < -0.39 is 29.5 Å². The molecule has 0 bridgehead atoms. The SMILES string of the molecule is CCOC(=O)c1sc(N2C(=O)C(=O)C(=C(O)c3ccc4c(c3)OCCO4)C2c2ccccc2OC)nc1C. The van der Waals surface area contributed by atoms with Gasteiger partial charge < -0.3 is 24.1 Å². The maximum atomic E-state index is 13.5. The molecule has 3 aromatic rings. The average Bonchev–Trinajstić information content (AvgIpc) is 3.44. The molecule has 1 N–H and O–H groups in total. The van der Waals surface area contributed by atoms with E-state index in [4.69, 9.17) is 18.9 Å². The monoisotopic (exact) mass is 536 g/mol. The van der Waals surface area contributed by atoms with Gasteiger partial charge in [-0.05, 0) is 38.1 Å². The summed E-state index contributed by atoms with van der Waals surface area (Å²) in [6, 6.07) is 10.6. The second kappa shape index (κ2) is 10.2. The van der Waals surface area contributed by atoms with Crippen molar-refractivity contribution in [2.45, 2.75) is 19.9 Å². The molecule has 5 rings (SSSR count). The van der Waals surface area contributed by atoms with Crippen LogP contribution in [-0.4, -0.2) is 54.7 Å². The predicted molar refractivity (Wildman–Crippen MR) is 138 cm³/mol. The minimum Gasteiger partial charge on any atom is -0.507 e. The number of anilines is 1. The summed E-state index contributed by atoms with van der Waals surface area (Å²) in [7, 11) is 1.47. The van der Waals surface area contributed by atoms with Gasteiger partial charge in [-0.3, -0.25) is 14.5 Å². The molecule has 11 heteroatoms. The van der Waals surface area contributed by atoms with Crippen LogP contribution >= 0.6 is 11.3 Å². The highest BCUT2D eigenvalue weighted by atomic mass is 32.1. The number of esters is 1. The summed E-state index contributed by atoms with van der Waals surface area (Å²) >= 11 is 0.936. The lowest BCUT2D eigenvalue weighted by Gasteiger charge is -2.24. The van der Waals surface area contributed by atoms with Gasteiger partial charge in [0.2, 0.25) is 0 Å². The molecular formula is C27H24N2O8S. The number of aliphatic hydroxyl groups is 1. The molecule has 1 unspecified atom stereocenters. The molecule has 3 heterocycles. The standard InChI is InChI=1S/C27H24N2O8S/c1-4-35-26(33)24-14(2)28-27(38-24)29-21(16-7-5-6-8-17(16)34-3)20(23(31)25(29)32)22(30)15-9-10-18-19(13-15)37-12-11-36-18/h5-10,13,21,30H,4,11-12H2,1-3H3. The van der Waals surface area contributed by atoms with Crippen molar-refractivity contribution in [3.63, 3.8) is 0 Å². The average molecular weight is 537 g/mol. The van der Waals surface area contributed by atoms with E-state index in [0.717, 1.165) is 11.3 Å². The summed E-state index contributed by atoms with van der Waals surface area (Å²) in [6.45, 7) is 4.23. The molecule has 0 radical (unpaired) electrons. The molecule has 2 aliphatic heterocycles. The zero-order valence-electron chi connectivity index (χ0n) is 20.8. The van der Waals surface area contributed by atoms with Gasteiger partial charge in [0.25, 0.3) is 5.78 Å². The Bertz CT molecular complexity index is 1480. The highest BCUT2D eigenvalue weighted by molar-refractivity contribution is 7.17. The molecule has 1 fully saturated rings. The maximum Gasteiger partial charge on any atom is 0.350 e. The van der Waals surface area contributed by atoms with Gasteiger partial charge in [-0.25, -0.2) is 9.78 Å². The van der Waals surface area contributed by atoms with Crippen molar-refractivity contribution >= 4 is 39.9 Å². The first-order chi connectivity index (χ1) is 18.3. The lowest BCUT2D eigenvalue weighted by Crippen LogP contribution is -2.29. The Kier molecular flexibility index (Phi) is 6.77. The first-order valence-corrected chi connectivity index (χ1v) is 12.7. The van der Waals surface area contributed by atoms with E-state index >= 15 is 0 Å². The van der Waals surface area contributed by atoms with Gasteiger partial charge in [-0.15, -0.1) is 0 Å². The number of amides is 1. The molecule has 0 aliphatic carbocycles. The van der Waals surface area contributed by atoms with Crippen molar-refractivity contribution in [3.05, 3.63) is 69.7 Å². The van der Waals surface area contributed by atoms with Gasteiger partial charge in [-0.2, -0.15) is 0 Å². The Hall–Kier alpha value is -4.38. The van der Waals surface area contributed by atoms with E-state index in [1.165, 1.54) is 12.0 Å². The van der Waals surface area contributed by atoms with Crippen molar-refractivity contribution in [1.29, 1.82) is 0 Å². The summed E-state index contributed by atoms with van der Waals surface area (Å²) in [4.78, 5) is 45.2. The number of ketones is 1. The number of aromatic nitrogens is 1. The molecule has 0 saturated carbocycles. The van der Waals surface area contributed by atoms with Crippen LogP contribution in [0.1, 0.15) is 39.5 Å². The number of hydrogen-bond acceptors (Lipinski definition) is 10. The Morgan fingerprint density at radius 3 is 2.63 bits per heavy atom. The largest absolute Gasteiger partial charge is 0.507 e. The van der Waals surface area contributed by atoms with Crippen LogP contribution in [0.15, 0.2) is 48.0 Å². The summed E-state index contributed by atoms with van der Waals surface area (Å²) in [5, 5.41) is 11.6. The van der Waals surface area contributed by atoms with Gasteiger partial charge in [0.15, 0.2) is 16.6 Å². The van der Waals surface area contributed by atoms with Crippen molar-refractivity contribution in [2.75, 3.05) is 31.8 Å². The highest BCUT2D eigenvalue weighted by Crippen LogP contribution is 2.46. The highest BCUT2D eigenvalue weighted by Gasteiger charge is 2.49. The van der Waals surface area contributed by atoms with Gasteiger partial charge in [0.05, 0.1) is 25.0 Å². The van der Waals surface area contributed by atoms with E-state index in [0.29, 0.717) is 41.7 Å². The van der Waals surface area contributed by atoms with Gasteiger partial charge in [-0.1, -0.05) is 29.5 Å². The molecule has 1 amide bonds. The number of para-hydroxylation sites is 1. The molecule has 38 heavy (non-hydrogen) atoms. The number of aryl methyl sites for hydroxylation is 1. The molecule has 0 spiro atoms. The number of carbonyl (C=O) groups excluding carboxylic acids is 3. The summed E-state index contributed by atoms with van der Waals surface area (Å²) in [6.07, 6.45) is 0. The molecule has 2 aliphatic rings. The normalized spacial score (nSPS) is 18.0. The number of hydrogen-bond donors (Lipinski definition) is 1. The maximum absolute atomic E-state index is 13.5. The first-order valence-electron chi connectivity index (χ1n) is 11.8. The van der Waals surface area contributed by atoms with Gasteiger partial charge >= 0.3 is 11.9 Å². The second-order valence-electron chi connectivity index (χ2n) is 8.40. The molecule has 1 atom stereocenters. The van der Waals surface area contributed by atoms with Crippen molar-refractivity contribution in [3.8, 4) is 17.2 Å². The van der Waals surface area contributed by atoms with Crippen LogP contribution in [0.25, 0.3) is 5.76 Å². The van der Waals surface area contributed by atoms with E-state index in [1.807, 2.05) is 0 Å². The lowest BCUT2D eigenvalue weighted by molar-refractivity contribution is -0.132. The number of ether oxygens (including phenoxy) is 4. The Morgan fingerprint density at radius 1 is 1.16 bits per heavy atom. The fraction of sp³-hybridized carbons (Fsp3) is 0.259. The zero-order chi connectivity index (χ0) is 27.0. The minimum absolute atomic E-state index is 0.116. The third-order valence-corrected chi connectivity index (χ3v) is 7.28. The van der Waals surface area contributed by atoms with Crippen LogP contribution in [0, 0.1) is 6.92 Å². The number of methoxy groups -OCH3 is 1. The summed E-state index contributed by atoms with van der Waals surface area (Å²) in [5.41, 5.74) is 0.936. The van der Waals surface area contributed by atoms with E-state index in [2.05, 4.69) is 4.98 Å². The number of benzene rings is 2. The summed E-state index contributed by atoms with van der Waals surface area (Å²) < 4.78 is 21.8. The van der Waals surface area contributed by atoms with E-state index in [-0.39, 0.29) is 27.8 Å². The fourth-order valence-electron chi connectivity index (χ4n) is 4.43. The molecular weight excluding hydrogens is 512 g/mol. The van der Waals surface area contributed by atoms with Crippen LogP contribution in [0.2, 0.25) is 0 Å². The number of carbonyl (C=O) groups is 3. The Morgan fingerprint density at radius 2 is 1.89 bits per heavy atom. The topological polar surface area (TPSA) is 124 Å². The zero-order valence-corrected chi connectivity index (χ0v) is 21.7. The smallest absolute Gasteiger partial charge is 0.350 e. The molecule has 2 aromatic carbocycles. The molecule has 1 aromatic heterocycles. The van der Waals surface area contributed by atoms with Gasteiger partial charge in [0.1, 0.15) is 35.6 Å². The lowest BCUT2D eigenvalue weighted by atomic mass is 9.94. The number of rotatable bonds is 6. The van der Waals surface area contributed by atoms with Crippen molar-refractivity contribution < 1.29 is 38.4 Å². The van der Waals surface area contributed by atoms with E-state index in [9.17, 15) is 19.5 Å². The number of aliphatic hydroxyl groups excluding tert-OH is 1. The molecule has 10 nitrogen and oxygen atoms in total. The van der Waals surface area contributed by atoms with Crippen molar-refractivity contribution in [1.82, 2.24) is 4.98 Å². The van der Waals surface area contributed by atoms with Crippen LogP contribution in [0.5, 0.6) is 17.2 Å². The number of Topliss-reactive ketones (excluding diaryl/α,β-unsaturated/α-hetero) is 1. The third kappa shape index (κ3) is 4.24. The van der Waals surface area contributed by atoms with Gasteiger partial charge in [0, 0.05) is 11.1 Å². The van der Waals surface area contributed by atoms with E-state index in [1.54, 1.807) is 56.3 Å².